The largest absolute Gasteiger partial charge is 0.336 e. The molecule has 0 atom stereocenters. The summed E-state index contributed by atoms with van der Waals surface area (Å²) >= 11 is 0. The summed E-state index contributed by atoms with van der Waals surface area (Å²) < 4.78 is 0. The fraction of sp³-hybridized carbons (Fsp3) is 0.375. The molecule has 4 heteroatoms. The molecule has 0 saturated carbocycles. The predicted molar refractivity (Wildman–Crippen MR) is 80.6 cm³/mol. The van der Waals surface area contributed by atoms with Crippen molar-refractivity contribution in [2.45, 2.75) is 26.4 Å². The molecule has 1 aromatic heterocycles. The van der Waals surface area contributed by atoms with Crippen LogP contribution in [0.5, 0.6) is 0 Å². The molecule has 2 heterocycles. The van der Waals surface area contributed by atoms with Crippen LogP contribution in [0.2, 0.25) is 0 Å². The van der Waals surface area contributed by atoms with Gasteiger partial charge in [-0.25, -0.2) is 9.97 Å². The van der Waals surface area contributed by atoms with E-state index in [1.54, 1.807) is 0 Å². The van der Waals surface area contributed by atoms with Gasteiger partial charge in [0.1, 0.15) is 0 Å². The van der Waals surface area contributed by atoms with Crippen molar-refractivity contribution in [3.63, 3.8) is 0 Å². The van der Waals surface area contributed by atoms with Crippen LogP contribution in [0, 0.1) is 0 Å². The van der Waals surface area contributed by atoms with E-state index in [9.17, 15) is 0 Å². The van der Waals surface area contributed by atoms with Gasteiger partial charge in [-0.15, -0.1) is 0 Å². The van der Waals surface area contributed by atoms with Crippen LogP contribution in [0.3, 0.4) is 0 Å². The van der Waals surface area contributed by atoms with E-state index in [-0.39, 0.29) is 0 Å². The zero-order valence-corrected chi connectivity index (χ0v) is 11.8. The van der Waals surface area contributed by atoms with Gasteiger partial charge in [-0.2, -0.15) is 0 Å². The normalized spacial score (nSPS) is 14.2. The highest BCUT2D eigenvalue weighted by atomic mass is 15.2. The van der Waals surface area contributed by atoms with E-state index in [0.717, 1.165) is 44.1 Å². The first-order chi connectivity index (χ1) is 9.86. The smallest absolute Gasteiger partial charge is 0.225 e. The summed E-state index contributed by atoms with van der Waals surface area (Å²) in [6.07, 6.45) is 4.91. The van der Waals surface area contributed by atoms with Gasteiger partial charge in [0, 0.05) is 37.6 Å². The van der Waals surface area contributed by atoms with E-state index in [4.69, 9.17) is 0 Å². The Morgan fingerprint density at radius 1 is 1.15 bits per heavy atom. The molecule has 0 aliphatic carbocycles. The fourth-order valence-electron chi connectivity index (χ4n) is 2.54. The summed E-state index contributed by atoms with van der Waals surface area (Å²) in [4.78, 5) is 11.3. The first-order valence-corrected chi connectivity index (χ1v) is 7.20. The maximum atomic E-state index is 4.50. The highest BCUT2D eigenvalue weighted by Gasteiger charge is 2.17. The molecule has 104 valence electrons. The van der Waals surface area contributed by atoms with Crippen LogP contribution in [0.1, 0.15) is 23.6 Å². The number of benzene rings is 1. The fourth-order valence-corrected chi connectivity index (χ4v) is 2.54. The summed E-state index contributed by atoms with van der Waals surface area (Å²) in [5.74, 6) is 0.833. The Hall–Kier alpha value is -1.94. The van der Waals surface area contributed by atoms with Gasteiger partial charge in [0.25, 0.3) is 0 Å². The molecule has 0 radical (unpaired) electrons. The van der Waals surface area contributed by atoms with Crippen molar-refractivity contribution in [1.82, 2.24) is 15.3 Å². The third-order valence-electron chi connectivity index (χ3n) is 3.68. The van der Waals surface area contributed by atoms with Crippen LogP contribution in [0.25, 0.3) is 0 Å². The molecule has 0 fully saturated rings. The van der Waals surface area contributed by atoms with Gasteiger partial charge in [-0.05, 0) is 24.1 Å². The van der Waals surface area contributed by atoms with Crippen LogP contribution in [-0.4, -0.2) is 23.1 Å². The average molecular weight is 268 g/mol. The van der Waals surface area contributed by atoms with Crippen LogP contribution in [0.4, 0.5) is 5.95 Å². The molecule has 0 spiro atoms. The Morgan fingerprint density at radius 2 is 1.90 bits per heavy atom. The molecule has 4 nitrogen and oxygen atoms in total. The standard InChI is InChI=1S/C16H20N4/c1-2-17-9-13-10-18-16(19-11-13)20-8-7-14-5-3-4-6-15(14)12-20/h3-6,10-11,17H,2,7-9,12H2,1H3. The maximum absolute atomic E-state index is 4.50. The van der Waals surface area contributed by atoms with E-state index in [1.165, 1.54) is 11.1 Å². The Labute approximate surface area is 119 Å². The van der Waals surface area contributed by atoms with Gasteiger partial charge in [0.2, 0.25) is 5.95 Å². The number of anilines is 1. The monoisotopic (exact) mass is 268 g/mol. The van der Waals surface area contributed by atoms with E-state index in [1.807, 2.05) is 12.4 Å². The van der Waals surface area contributed by atoms with E-state index < -0.39 is 0 Å². The van der Waals surface area contributed by atoms with Crippen molar-refractivity contribution < 1.29 is 0 Å². The Balaban J connectivity index is 1.71. The van der Waals surface area contributed by atoms with Crippen molar-refractivity contribution in [1.29, 1.82) is 0 Å². The minimum Gasteiger partial charge on any atom is -0.336 e. The second-order valence-electron chi connectivity index (χ2n) is 5.11. The van der Waals surface area contributed by atoms with Crippen molar-refractivity contribution in [2.24, 2.45) is 0 Å². The molecule has 1 aliphatic rings. The van der Waals surface area contributed by atoms with Crippen LogP contribution in [0.15, 0.2) is 36.7 Å². The molecule has 3 rings (SSSR count). The third-order valence-corrected chi connectivity index (χ3v) is 3.68. The molecule has 20 heavy (non-hydrogen) atoms. The van der Waals surface area contributed by atoms with Gasteiger partial charge in [0.15, 0.2) is 0 Å². The zero-order chi connectivity index (χ0) is 13.8. The maximum Gasteiger partial charge on any atom is 0.225 e. The van der Waals surface area contributed by atoms with Gasteiger partial charge in [-0.1, -0.05) is 31.2 Å². The summed E-state index contributed by atoms with van der Waals surface area (Å²) in [6.45, 7) is 5.79. The number of aromatic nitrogens is 2. The first-order valence-electron chi connectivity index (χ1n) is 7.20. The average Bonchev–Trinajstić information content (AvgIpc) is 2.53. The lowest BCUT2D eigenvalue weighted by atomic mass is 10.0. The Bertz CT molecular complexity index is 565. The Morgan fingerprint density at radius 3 is 2.65 bits per heavy atom. The molecular formula is C16H20N4. The number of rotatable bonds is 4. The minimum absolute atomic E-state index is 0.833. The molecule has 1 N–H and O–H groups in total. The lowest BCUT2D eigenvalue weighted by molar-refractivity contribution is 0.696. The second kappa shape index (κ2) is 6.01. The first kappa shape index (κ1) is 13.1. The molecular weight excluding hydrogens is 248 g/mol. The summed E-state index contributed by atoms with van der Waals surface area (Å²) in [5.41, 5.74) is 3.97. The van der Waals surface area contributed by atoms with E-state index in [0.29, 0.717) is 0 Å². The molecule has 0 bridgehead atoms. The number of hydrogen-bond donors (Lipinski definition) is 1. The third kappa shape index (κ3) is 2.80. The summed E-state index contributed by atoms with van der Waals surface area (Å²) in [6, 6.07) is 8.62. The summed E-state index contributed by atoms with van der Waals surface area (Å²) in [5, 5.41) is 3.28. The topological polar surface area (TPSA) is 41.1 Å². The Kier molecular flexibility index (Phi) is 3.92. The van der Waals surface area contributed by atoms with Crippen molar-refractivity contribution >= 4 is 5.95 Å². The molecule has 2 aromatic rings. The van der Waals surface area contributed by atoms with Gasteiger partial charge in [0.05, 0.1) is 0 Å². The van der Waals surface area contributed by atoms with Gasteiger partial charge >= 0.3 is 0 Å². The van der Waals surface area contributed by atoms with Crippen molar-refractivity contribution in [3.05, 3.63) is 53.3 Å². The van der Waals surface area contributed by atoms with E-state index >= 15 is 0 Å². The van der Waals surface area contributed by atoms with Gasteiger partial charge < -0.3 is 10.2 Å². The van der Waals surface area contributed by atoms with Crippen LogP contribution in [-0.2, 0) is 19.5 Å². The second-order valence-corrected chi connectivity index (χ2v) is 5.11. The van der Waals surface area contributed by atoms with Crippen molar-refractivity contribution in [2.75, 3.05) is 18.0 Å². The molecule has 0 unspecified atom stereocenters. The van der Waals surface area contributed by atoms with Crippen LogP contribution >= 0.6 is 0 Å². The zero-order valence-electron chi connectivity index (χ0n) is 11.8. The molecule has 1 aromatic carbocycles. The molecule has 0 saturated heterocycles. The predicted octanol–water partition coefficient (Wildman–Crippen LogP) is 2.15. The number of nitrogens with zero attached hydrogens (tertiary/aromatic N) is 3. The quantitative estimate of drug-likeness (QED) is 0.922. The number of fused-ring (bicyclic) bond motifs is 1. The highest BCUT2D eigenvalue weighted by molar-refractivity contribution is 5.39. The molecule has 1 aliphatic heterocycles. The van der Waals surface area contributed by atoms with Gasteiger partial charge in [-0.3, -0.25) is 0 Å². The number of hydrogen-bond acceptors (Lipinski definition) is 4. The lowest BCUT2D eigenvalue weighted by Gasteiger charge is -2.28. The number of nitrogens with one attached hydrogen (secondary N) is 1. The van der Waals surface area contributed by atoms with E-state index in [2.05, 4.69) is 51.4 Å². The lowest BCUT2D eigenvalue weighted by Crippen LogP contribution is -2.31. The molecule has 0 amide bonds. The SMILES string of the molecule is CCNCc1cnc(N2CCc3ccccc3C2)nc1. The van der Waals surface area contributed by atoms with Crippen LogP contribution < -0.4 is 10.2 Å². The summed E-state index contributed by atoms with van der Waals surface area (Å²) in [7, 11) is 0. The minimum atomic E-state index is 0.833. The highest BCUT2D eigenvalue weighted by Crippen LogP contribution is 2.21. The van der Waals surface area contributed by atoms with Crippen molar-refractivity contribution in [3.8, 4) is 0 Å².